The predicted octanol–water partition coefficient (Wildman–Crippen LogP) is -2.43. The summed E-state index contributed by atoms with van der Waals surface area (Å²) >= 11 is 1.34. The van der Waals surface area contributed by atoms with E-state index in [0.29, 0.717) is 43.5 Å². The lowest BCUT2D eigenvalue weighted by Gasteiger charge is -2.27. The number of carbonyl (C=O) groups excluding carboxylic acids is 7. The molecule has 1 rings (SSSR count). The number of thioether (sulfide) groups is 1. The highest BCUT2D eigenvalue weighted by molar-refractivity contribution is 7.98. The number of aromatic amines is 1. The molecule has 1 aromatic heterocycles. The van der Waals surface area contributed by atoms with E-state index >= 15 is 0 Å². The van der Waals surface area contributed by atoms with Gasteiger partial charge in [-0.2, -0.15) is 11.8 Å². The van der Waals surface area contributed by atoms with E-state index in [2.05, 4.69) is 36.6 Å². The van der Waals surface area contributed by atoms with Crippen molar-refractivity contribution < 1.29 is 43.5 Å². The quantitative estimate of drug-likeness (QED) is 0.0330. The van der Waals surface area contributed by atoms with Gasteiger partial charge in [0.1, 0.15) is 30.5 Å². The first-order valence-corrected chi connectivity index (χ1v) is 18.4. The standard InChI is InChI=1S/C32H54N10O9S/c1-18(2)12-20(16-43)38-29(48)23(7-8-26(35)44)40-31(50)24(9-11-52-3)41-32(51)25(14-27(45)46)42-30(49)22(6-4-5-10-33)39-28(47)21(34)13-19-15-36-17-37-19/h15-18,20-25H,4-14,33-34H2,1-3H3,(H2,35,44)(H,36,37)(H,38,48)(H,39,47)(H,40,50)(H,41,51)(H,42,49)(H,45,46)/t20-,21-,22-,23-,24-,25-/m0/s1. The Morgan fingerprint density at radius 2 is 1.42 bits per heavy atom. The zero-order chi connectivity index (χ0) is 39.2. The van der Waals surface area contributed by atoms with Crippen LogP contribution in [0.2, 0.25) is 0 Å². The molecule has 0 aliphatic heterocycles. The van der Waals surface area contributed by atoms with E-state index in [0.717, 1.165) is 0 Å². The van der Waals surface area contributed by atoms with Gasteiger partial charge in [0.05, 0.1) is 24.8 Å². The van der Waals surface area contributed by atoms with Crippen molar-refractivity contribution in [3.63, 3.8) is 0 Å². The smallest absolute Gasteiger partial charge is 0.305 e. The number of hydrogen-bond acceptors (Lipinski definition) is 12. The van der Waals surface area contributed by atoms with Crippen LogP contribution in [0.1, 0.15) is 70.9 Å². The molecule has 0 aromatic carbocycles. The predicted molar refractivity (Wildman–Crippen MR) is 192 cm³/mol. The fourth-order valence-corrected chi connectivity index (χ4v) is 5.44. The number of nitrogens with one attached hydrogen (secondary N) is 6. The number of H-pyrrole nitrogens is 1. The number of imidazole rings is 1. The molecule has 52 heavy (non-hydrogen) atoms. The number of aliphatic carboxylic acids is 1. The summed E-state index contributed by atoms with van der Waals surface area (Å²) < 4.78 is 0. The van der Waals surface area contributed by atoms with Crippen molar-refractivity contribution in [2.24, 2.45) is 23.1 Å². The summed E-state index contributed by atoms with van der Waals surface area (Å²) in [7, 11) is 0. The molecule has 0 spiro atoms. The average molecular weight is 755 g/mol. The Bertz CT molecular complexity index is 1330. The van der Waals surface area contributed by atoms with Gasteiger partial charge in [0, 0.05) is 24.7 Å². The minimum absolute atomic E-state index is 0.0347. The lowest BCUT2D eigenvalue weighted by Crippen LogP contribution is -2.59. The highest BCUT2D eigenvalue weighted by atomic mass is 32.2. The fraction of sp³-hybridized carbons (Fsp3) is 0.656. The number of hydrogen-bond donors (Lipinski definition) is 10. The van der Waals surface area contributed by atoms with Gasteiger partial charge in [-0.25, -0.2) is 4.98 Å². The summed E-state index contributed by atoms with van der Waals surface area (Å²) in [6.45, 7) is 4.02. The van der Waals surface area contributed by atoms with Crippen molar-refractivity contribution in [2.75, 3.05) is 18.6 Å². The Balaban J connectivity index is 3.20. The molecule has 0 aliphatic carbocycles. The zero-order valence-electron chi connectivity index (χ0n) is 29.9. The summed E-state index contributed by atoms with van der Waals surface area (Å²) in [6.07, 6.45) is 5.34. The summed E-state index contributed by atoms with van der Waals surface area (Å²) in [5, 5.41) is 22.0. The van der Waals surface area contributed by atoms with Gasteiger partial charge < -0.3 is 58.7 Å². The second kappa shape index (κ2) is 24.6. The Morgan fingerprint density at radius 3 is 1.94 bits per heavy atom. The molecule has 0 saturated heterocycles. The molecular weight excluding hydrogens is 700 g/mol. The van der Waals surface area contributed by atoms with Crippen molar-refractivity contribution in [1.29, 1.82) is 0 Å². The van der Waals surface area contributed by atoms with Gasteiger partial charge in [-0.1, -0.05) is 13.8 Å². The van der Waals surface area contributed by atoms with Gasteiger partial charge in [0.2, 0.25) is 35.4 Å². The van der Waals surface area contributed by atoms with Crippen LogP contribution in [0.25, 0.3) is 0 Å². The number of aromatic nitrogens is 2. The number of nitrogens with two attached hydrogens (primary N) is 3. The van der Waals surface area contributed by atoms with Gasteiger partial charge in [-0.3, -0.25) is 33.6 Å². The minimum atomic E-state index is -1.68. The Morgan fingerprint density at radius 1 is 0.865 bits per heavy atom. The van der Waals surface area contributed by atoms with Gasteiger partial charge in [-0.05, 0) is 63.0 Å². The third-order valence-corrected chi connectivity index (χ3v) is 8.34. The lowest BCUT2D eigenvalue weighted by molar-refractivity contribution is -0.141. The van der Waals surface area contributed by atoms with E-state index in [1.807, 2.05) is 13.8 Å². The van der Waals surface area contributed by atoms with Crippen LogP contribution in [0, 0.1) is 5.92 Å². The number of amides is 6. The number of nitrogens with zero attached hydrogens (tertiary/aromatic N) is 1. The van der Waals surface area contributed by atoms with Crippen LogP contribution >= 0.6 is 11.8 Å². The third-order valence-electron chi connectivity index (χ3n) is 7.70. The summed E-state index contributed by atoms with van der Waals surface area (Å²) in [5.41, 5.74) is 17.5. The number of carbonyl (C=O) groups is 8. The van der Waals surface area contributed by atoms with Gasteiger partial charge in [-0.15, -0.1) is 0 Å². The molecule has 0 radical (unpaired) electrons. The molecular formula is C32H54N10O9S. The molecule has 1 aromatic rings. The van der Waals surface area contributed by atoms with Crippen LogP contribution < -0.4 is 43.8 Å². The molecule has 0 unspecified atom stereocenters. The van der Waals surface area contributed by atoms with Gasteiger partial charge >= 0.3 is 5.97 Å². The maximum atomic E-state index is 13.5. The molecule has 0 saturated carbocycles. The summed E-state index contributed by atoms with van der Waals surface area (Å²) in [6, 6.07) is -7.43. The molecule has 292 valence electrons. The molecule has 0 aliphatic rings. The van der Waals surface area contributed by atoms with E-state index in [9.17, 15) is 43.5 Å². The van der Waals surface area contributed by atoms with Crippen LogP contribution in [0.5, 0.6) is 0 Å². The number of primary amides is 1. The van der Waals surface area contributed by atoms with E-state index in [1.165, 1.54) is 24.3 Å². The largest absolute Gasteiger partial charge is 0.481 e. The molecule has 0 bridgehead atoms. The highest BCUT2D eigenvalue weighted by Gasteiger charge is 2.33. The van der Waals surface area contributed by atoms with Crippen molar-refractivity contribution in [1.82, 2.24) is 36.6 Å². The van der Waals surface area contributed by atoms with E-state index < -0.39 is 84.1 Å². The molecule has 6 amide bonds. The minimum Gasteiger partial charge on any atom is -0.481 e. The van der Waals surface area contributed by atoms with Gasteiger partial charge in [0.15, 0.2) is 0 Å². The van der Waals surface area contributed by atoms with Crippen molar-refractivity contribution >= 4 is 59.5 Å². The van der Waals surface area contributed by atoms with Crippen LogP contribution in [-0.2, 0) is 44.8 Å². The van der Waals surface area contributed by atoms with E-state index in [1.54, 1.807) is 6.26 Å². The average Bonchev–Trinajstić information content (AvgIpc) is 3.59. The van der Waals surface area contributed by atoms with E-state index in [-0.39, 0.29) is 38.0 Å². The summed E-state index contributed by atoms with van der Waals surface area (Å²) in [5.74, 6) is -5.90. The van der Waals surface area contributed by atoms with Crippen LogP contribution in [0.3, 0.4) is 0 Å². The summed E-state index contributed by atoms with van der Waals surface area (Å²) in [4.78, 5) is 108. The second-order valence-electron chi connectivity index (χ2n) is 12.7. The molecule has 0 fully saturated rings. The van der Waals surface area contributed by atoms with Crippen molar-refractivity contribution in [3.8, 4) is 0 Å². The molecule has 20 heteroatoms. The molecule has 6 atom stereocenters. The molecule has 19 nitrogen and oxygen atoms in total. The lowest BCUT2D eigenvalue weighted by atomic mass is 10.0. The number of rotatable bonds is 27. The Kier molecular flexibility index (Phi) is 21.5. The number of aldehydes is 1. The first kappa shape index (κ1) is 45.5. The maximum Gasteiger partial charge on any atom is 0.305 e. The van der Waals surface area contributed by atoms with E-state index in [4.69, 9.17) is 17.2 Å². The van der Waals surface area contributed by atoms with Crippen LogP contribution in [0.15, 0.2) is 12.5 Å². The third kappa shape index (κ3) is 18.1. The highest BCUT2D eigenvalue weighted by Crippen LogP contribution is 2.09. The normalized spacial score (nSPS) is 14.5. The molecule has 1 heterocycles. The van der Waals surface area contributed by atoms with Crippen LogP contribution in [0.4, 0.5) is 0 Å². The van der Waals surface area contributed by atoms with Crippen molar-refractivity contribution in [2.45, 2.75) is 108 Å². The Hall–Kier alpha value is -4.56. The first-order valence-electron chi connectivity index (χ1n) is 17.0. The SMILES string of the molecule is CSCC[C@H](NC(=O)[C@H](CC(=O)O)NC(=O)[C@H](CCCCN)NC(=O)[C@@H](N)Cc1cnc[nH]1)C(=O)N[C@@H](CCC(N)=O)C(=O)N[C@H](C=O)CC(C)C. The first-order chi connectivity index (χ1) is 24.6. The Labute approximate surface area is 306 Å². The number of unbranched alkanes of at least 4 members (excludes halogenated alkanes) is 1. The topological polar surface area (TPSA) is 324 Å². The maximum absolute atomic E-state index is 13.5. The van der Waals surface area contributed by atoms with Crippen LogP contribution in [-0.4, -0.2) is 118 Å². The number of carboxylic acids is 1. The fourth-order valence-electron chi connectivity index (χ4n) is 4.97. The monoisotopic (exact) mass is 754 g/mol. The van der Waals surface area contributed by atoms with Gasteiger partial charge in [0.25, 0.3) is 0 Å². The number of carboxylic acid groups (broad SMARTS) is 1. The zero-order valence-corrected chi connectivity index (χ0v) is 30.7. The molecule has 13 N–H and O–H groups in total. The second-order valence-corrected chi connectivity index (χ2v) is 13.7. The van der Waals surface area contributed by atoms with Crippen molar-refractivity contribution in [3.05, 3.63) is 18.2 Å².